The van der Waals surface area contributed by atoms with Crippen molar-refractivity contribution in [1.29, 1.82) is 0 Å². The summed E-state index contributed by atoms with van der Waals surface area (Å²) in [5.41, 5.74) is -0.578. The SMILES string of the molecule is Cc1cc(Nc2nccc(C(F)(F)F)n2)cc(-c2cnc(C3(O)CCN(C(=O)O)C(C(C)(C)C)C3)s2)c1. The summed E-state index contributed by atoms with van der Waals surface area (Å²) in [4.78, 5) is 25.8. The average molecular weight is 536 g/mol. The van der Waals surface area contributed by atoms with Crippen LogP contribution in [-0.4, -0.2) is 48.7 Å². The Morgan fingerprint density at radius 2 is 1.95 bits per heavy atom. The van der Waals surface area contributed by atoms with Gasteiger partial charge in [-0.25, -0.2) is 19.7 Å². The average Bonchev–Trinajstić information content (AvgIpc) is 3.29. The van der Waals surface area contributed by atoms with Gasteiger partial charge in [0.15, 0.2) is 0 Å². The van der Waals surface area contributed by atoms with Crippen LogP contribution >= 0.6 is 11.3 Å². The molecule has 1 fully saturated rings. The maximum absolute atomic E-state index is 13.0. The minimum absolute atomic E-state index is 0.177. The molecular weight excluding hydrogens is 507 g/mol. The molecule has 2 unspecified atom stereocenters. The number of aliphatic hydroxyl groups is 1. The molecule has 0 bridgehead atoms. The number of carboxylic acid groups (broad SMARTS) is 1. The fourth-order valence-corrected chi connectivity index (χ4v) is 5.55. The molecule has 1 aromatic carbocycles. The number of thiazole rings is 1. The van der Waals surface area contributed by atoms with Gasteiger partial charge in [0, 0.05) is 43.5 Å². The Hall–Kier alpha value is -3.25. The van der Waals surface area contributed by atoms with E-state index >= 15 is 0 Å². The van der Waals surface area contributed by atoms with Gasteiger partial charge in [0.25, 0.3) is 0 Å². The number of halogens is 3. The number of aryl methyl sites for hydroxylation is 1. The number of nitrogens with zero attached hydrogens (tertiary/aromatic N) is 4. The summed E-state index contributed by atoms with van der Waals surface area (Å²) in [5, 5.41) is 24.5. The second-order valence-corrected chi connectivity index (χ2v) is 11.4. The molecule has 37 heavy (non-hydrogen) atoms. The van der Waals surface area contributed by atoms with Gasteiger partial charge >= 0.3 is 12.3 Å². The Balaban J connectivity index is 1.60. The quantitative estimate of drug-likeness (QED) is 0.373. The zero-order valence-electron chi connectivity index (χ0n) is 20.8. The standard InChI is InChI=1S/C25H28F3N5O3S/c1-14-9-15(11-16(10-14)31-21-29-7-5-18(32-21)25(26,27)28)17-13-30-20(37-17)24(36)6-8-33(22(34)35)19(12-24)23(2,3)4/h5,7,9-11,13,19,36H,6,8,12H2,1-4H3,(H,34,35)(H,29,31,32). The maximum atomic E-state index is 13.0. The van der Waals surface area contributed by atoms with Crippen molar-refractivity contribution >= 4 is 29.1 Å². The van der Waals surface area contributed by atoms with E-state index in [0.717, 1.165) is 28.3 Å². The summed E-state index contributed by atoms with van der Waals surface area (Å²) in [5.74, 6) is -0.177. The highest BCUT2D eigenvalue weighted by molar-refractivity contribution is 7.15. The number of alkyl halides is 3. The van der Waals surface area contributed by atoms with Crippen molar-refractivity contribution in [3.63, 3.8) is 0 Å². The van der Waals surface area contributed by atoms with Crippen LogP contribution in [0.25, 0.3) is 10.4 Å². The molecule has 1 saturated heterocycles. The van der Waals surface area contributed by atoms with Crippen LogP contribution in [0.2, 0.25) is 0 Å². The molecule has 0 spiro atoms. The van der Waals surface area contributed by atoms with Gasteiger partial charge in [-0.15, -0.1) is 11.3 Å². The van der Waals surface area contributed by atoms with Gasteiger partial charge in [-0.2, -0.15) is 13.2 Å². The van der Waals surface area contributed by atoms with E-state index in [2.05, 4.69) is 20.3 Å². The number of anilines is 2. The molecule has 198 valence electrons. The highest BCUT2D eigenvalue weighted by Gasteiger charge is 2.47. The highest BCUT2D eigenvalue weighted by Crippen LogP contribution is 2.44. The van der Waals surface area contributed by atoms with E-state index in [4.69, 9.17) is 0 Å². The zero-order valence-corrected chi connectivity index (χ0v) is 21.6. The van der Waals surface area contributed by atoms with Crippen molar-refractivity contribution in [2.24, 2.45) is 5.41 Å². The zero-order chi connectivity index (χ0) is 27.2. The summed E-state index contributed by atoms with van der Waals surface area (Å²) in [6.45, 7) is 7.89. The summed E-state index contributed by atoms with van der Waals surface area (Å²) in [6.07, 6.45) is -2.44. The fourth-order valence-electron chi connectivity index (χ4n) is 4.52. The van der Waals surface area contributed by atoms with Gasteiger partial charge in [-0.3, -0.25) is 0 Å². The molecule has 8 nitrogen and oxygen atoms in total. The number of nitrogens with one attached hydrogen (secondary N) is 1. The number of carbonyl (C=O) groups is 1. The van der Waals surface area contributed by atoms with Gasteiger partial charge in [-0.05, 0) is 41.7 Å². The number of aromatic nitrogens is 3. The first-order valence-electron chi connectivity index (χ1n) is 11.6. The monoisotopic (exact) mass is 535 g/mol. The lowest BCUT2D eigenvalue weighted by Crippen LogP contribution is -2.55. The number of hydrogen-bond donors (Lipinski definition) is 3. The van der Waals surface area contributed by atoms with Gasteiger partial charge in [0.05, 0.1) is 4.88 Å². The van der Waals surface area contributed by atoms with Crippen molar-refractivity contribution in [3.8, 4) is 10.4 Å². The molecule has 1 aliphatic heterocycles. The Morgan fingerprint density at radius 3 is 2.59 bits per heavy atom. The number of amides is 1. The lowest BCUT2D eigenvalue weighted by molar-refractivity contribution is -0.141. The molecule has 0 radical (unpaired) electrons. The van der Waals surface area contributed by atoms with Crippen molar-refractivity contribution in [2.75, 3.05) is 11.9 Å². The second kappa shape index (κ2) is 9.56. The first-order valence-corrected chi connectivity index (χ1v) is 12.4. The van der Waals surface area contributed by atoms with Crippen LogP contribution < -0.4 is 5.32 Å². The predicted octanol–water partition coefficient (Wildman–Crippen LogP) is 6.05. The predicted molar refractivity (Wildman–Crippen MR) is 134 cm³/mol. The van der Waals surface area contributed by atoms with Crippen molar-refractivity contribution in [2.45, 2.75) is 58.4 Å². The van der Waals surface area contributed by atoms with Crippen LogP contribution in [0, 0.1) is 12.3 Å². The van der Waals surface area contributed by atoms with E-state index in [9.17, 15) is 28.2 Å². The van der Waals surface area contributed by atoms with Gasteiger partial charge < -0.3 is 20.4 Å². The van der Waals surface area contributed by atoms with E-state index in [1.54, 1.807) is 18.3 Å². The van der Waals surface area contributed by atoms with E-state index in [1.165, 1.54) is 16.2 Å². The number of rotatable bonds is 4. The third-order valence-electron chi connectivity index (χ3n) is 6.39. The Morgan fingerprint density at radius 1 is 1.22 bits per heavy atom. The minimum Gasteiger partial charge on any atom is -0.465 e. The highest BCUT2D eigenvalue weighted by atomic mass is 32.1. The molecule has 3 N–H and O–H groups in total. The van der Waals surface area contributed by atoms with Crippen molar-refractivity contribution < 1.29 is 28.2 Å². The topological polar surface area (TPSA) is 111 Å². The molecule has 2 aromatic heterocycles. The van der Waals surface area contributed by atoms with E-state index < -0.39 is 29.6 Å². The molecule has 4 rings (SSSR count). The third-order valence-corrected chi connectivity index (χ3v) is 7.63. The van der Waals surface area contributed by atoms with Gasteiger partial charge in [0.1, 0.15) is 16.3 Å². The van der Waals surface area contributed by atoms with Crippen LogP contribution in [0.15, 0.2) is 36.7 Å². The lowest BCUT2D eigenvalue weighted by Gasteiger charge is -2.47. The normalized spacial score (nSPS) is 20.6. The molecule has 2 atom stereocenters. The number of likely N-dealkylation sites (tertiary alicyclic amines) is 1. The van der Waals surface area contributed by atoms with Gasteiger partial charge in [0.2, 0.25) is 5.95 Å². The van der Waals surface area contributed by atoms with Crippen LogP contribution in [0.3, 0.4) is 0 Å². The summed E-state index contributed by atoms with van der Waals surface area (Å²) in [7, 11) is 0. The van der Waals surface area contributed by atoms with Gasteiger partial charge in [-0.1, -0.05) is 26.8 Å². The molecule has 0 saturated carbocycles. The number of hydrogen-bond acceptors (Lipinski definition) is 7. The largest absolute Gasteiger partial charge is 0.465 e. The molecule has 1 aliphatic rings. The molecule has 0 aliphatic carbocycles. The van der Waals surface area contributed by atoms with Crippen molar-refractivity contribution in [1.82, 2.24) is 19.9 Å². The maximum Gasteiger partial charge on any atom is 0.433 e. The molecule has 3 heterocycles. The van der Waals surface area contributed by atoms with Crippen LogP contribution in [0.1, 0.15) is 49.9 Å². The number of benzene rings is 1. The smallest absolute Gasteiger partial charge is 0.433 e. The minimum atomic E-state index is -4.58. The Bertz CT molecular complexity index is 1310. The van der Waals surface area contributed by atoms with E-state index in [1.807, 2.05) is 33.8 Å². The molecule has 1 amide bonds. The lowest BCUT2D eigenvalue weighted by atomic mass is 9.75. The fraction of sp³-hybridized carbons (Fsp3) is 0.440. The molecule has 3 aromatic rings. The Kier molecular flexibility index (Phi) is 6.93. The van der Waals surface area contributed by atoms with Crippen LogP contribution in [0.5, 0.6) is 0 Å². The second-order valence-electron chi connectivity index (χ2n) is 10.3. The Labute approximate surface area is 216 Å². The summed E-state index contributed by atoms with van der Waals surface area (Å²) in [6, 6.07) is 5.84. The number of piperidine rings is 1. The van der Waals surface area contributed by atoms with E-state index in [-0.39, 0.29) is 30.7 Å². The first kappa shape index (κ1) is 26.8. The summed E-state index contributed by atoms with van der Waals surface area (Å²) >= 11 is 1.31. The van der Waals surface area contributed by atoms with Crippen LogP contribution in [0.4, 0.5) is 29.6 Å². The first-order chi connectivity index (χ1) is 17.2. The summed E-state index contributed by atoms with van der Waals surface area (Å²) < 4.78 is 39.1. The molecular formula is C25H28F3N5O3S. The van der Waals surface area contributed by atoms with E-state index in [0.29, 0.717) is 10.7 Å². The molecule has 12 heteroatoms. The van der Waals surface area contributed by atoms with Crippen LogP contribution in [-0.2, 0) is 11.8 Å². The third kappa shape index (κ3) is 5.85. The van der Waals surface area contributed by atoms with Crippen molar-refractivity contribution in [3.05, 3.63) is 52.9 Å².